The summed E-state index contributed by atoms with van der Waals surface area (Å²) in [5.41, 5.74) is 2.92. The number of carbonyl (C=O) groups excluding carboxylic acids is 2. The van der Waals surface area contributed by atoms with Crippen LogP contribution in [0.1, 0.15) is 15.2 Å². The average Bonchev–Trinajstić information content (AvgIpc) is 2.99. The number of amides is 2. The van der Waals surface area contributed by atoms with Crippen molar-refractivity contribution in [2.75, 3.05) is 6.54 Å². The number of nitrogens with zero attached hydrogens (tertiary/aromatic N) is 1. The number of hydrogen-bond acceptors (Lipinski definition) is 4. The van der Waals surface area contributed by atoms with E-state index in [0.29, 0.717) is 25.5 Å². The number of fused-ring (bicyclic) bond motifs is 1. The molecule has 3 aromatic rings. The van der Waals surface area contributed by atoms with E-state index >= 15 is 0 Å². The van der Waals surface area contributed by atoms with Gasteiger partial charge < -0.3 is 5.32 Å². The van der Waals surface area contributed by atoms with Crippen LogP contribution in [0, 0.1) is 0 Å². The maximum Gasteiger partial charge on any atom is 0.263 e. The monoisotopic (exact) mass is 439 g/mol. The standard InChI is InChI=1S/C18H12Cl3N3O2S/c19-11-6-5-10(13(20)7-11)8-23-24-15(25)9-22-18(26)17-16(21)12-3-1-2-4-14(12)27-17/h1-8H,9H2,(H,22,26)(H,24,25)/b23-8-. The lowest BCUT2D eigenvalue weighted by Gasteiger charge is -2.03. The fourth-order valence-electron chi connectivity index (χ4n) is 2.22. The second kappa shape index (κ2) is 8.71. The average molecular weight is 441 g/mol. The Morgan fingerprint density at radius 1 is 1.11 bits per heavy atom. The minimum atomic E-state index is -0.484. The summed E-state index contributed by atoms with van der Waals surface area (Å²) in [6.07, 6.45) is 1.39. The van der Waals surface area contributed by atoms with E-state index in [1.807, 2.05) is 24.3 Å². The first-order valence-corrected chi connectivity index (χ1v) is 9.63. The minimum absolute atomic E-state index is 0.241. The summed E-state index contributed by atoms with van der Waals surface area (Å²) in [7, 11) is 0. The fraction of sp³-hybridized carbons (Fsp3) is 0.0556. The van der Waals surface area contributed by atoms with Gasteiger partial charge in [-0.1, -0.05) is 59.1 Å². The molecule has 2 N–H and O–H groups in total. The SMILES string of the molecule is O=C(CNC(=O)c1sc2ccccc2c1Cl)N/N=C\c1ccc(Cl)cc1Cl. The van der Waals surface area contributed by atoms with Gasteiger partial charge in [0.05, 0.1) is 22.8 Å². The summed E-state index contributed by atoms with van der Waals surface area (Å²) >= 11 is 19.3. The number of benzene rings is 2. The van der Waals surface area contributed by atoms with Crippen LogP contribution in [-0.4, -0.2) is 24.6 Å². The Bertz CT molecular complexity index is 1050. The van der Waals surface area contributed by atoms with Crippen LogP contribution in [-0.2, 0) is 4.79 Å². The summed E-state index contributed by atoms with van der Waals surface area (Å²) in [5, 5.41) is 8.43. The Morgan fingerprint density at radius 3 is 2.63 bits per heavy atom. The molecule has 2 aromatic carbocycles. The van der Waals surface area contributed by atoms with E-state index < -0.39 is 11.8 Å². The fourth-order valence-corrected chi connectivity index (χ4v) is 4.11. The number of rotatable bonds is 5. The van der Waals surface area contributed by atoms with Crippen LogP contribution in [0.25, 0.3) is 10.1 Å². The van der Waals surface area contributed by atoms with Gasteiger partial charge in [0.1, 0.15) is 4.88 Å². The molecule has 0 atom stereocenters. The largest absolute Gasteiger partial charge is 0.342 e. The highest BCUT2D eigenvalue weighted by Gasteiger charge is 2.17. The number of hydrazone groups is 1. The van der Waals surface area contributed by atoms with Crippen molar-refractivity contribution in [1.82, 2.24) is 10.7 Å². The summed E-state index contributed by atoms with van der Waals surface area (Å²) < 4.78 is 0.904. The smallest absolute Gasteiger partial charge is 0.263 e. The minimum Gasteiger partial charge on any atom is -0.342 e. The van der Waals surface area contributed by atoms with Gasteiger partial charge in [-0.3, -0.25) is 9.59 Å². The third-order valence-electron chi connectivity index (χ3n) is 3.51. The molecule has 0 aliphatic carbocycles. The molecule has 5 nitrogen and oxygen atoms in total. The zero-order valence-corrected chi connectivity index (χ0v) is 16.7. The summed E-state index contributed by atoms with van der Waals surface area (Å²) in [6, 6.07) is 12.3. The van der Waals surface area contributed by atoms with Gasteiger partial charge in [-0.15, -0.1) is 11.3 Å². The number of thiophene rings is 1. The van der Waals surface area contributed by atoms with Crippen LogP contribution in [0.3, 0.4) is 0 Å². The summed E-state index contributed by atoms with van der Waals surface area (Å²) in [6.45, 7) is -0.241. The molecule has 1 aromatic heterocycles. The third kappa shape index (κ3) is 4.78. The van der Waals surface area contributed by atoms with Crippen molar-refractivity contribution in [3.63, 3.8) is 0 Å². The molecule has 0 spiro atoms. The first-order valence-electron chi connectivity index (χ1n) is 7.68. The maximum atomic E-state index is 12.3. The molecule has 0 saturated carbocycles. The van der Waals surface area contributed by atoms with Gasteiger partial charge in [0.25, 0.3) is 11.8 Å². The lowest BCUT2D eigenvalue weighted by atomic mass is 10.2. The van der Waals surface area contributed by atoms with Gasteiger partial charge in [-0.05, 0) is 18.2 Å². The predicted octanol–water partition coefficient (Wildman–Crippen LogP) is 4.74. The molecular weight excluding hydrogens is 429 g/mol. The number of halogens is 3. The van der Waals surface area contributed by atoms with E-state index in [4.69, 9.17) is 34.8 Å². The van der Waals surface area contributed by atoms with Crippen LogP contribution >= 0.6 is 46.1 Å². The molecule has 27 heavy (non-hydrogen) atoms. The molecule has 1 heterocycles. The molecule has 9 heteroatoms. The van der Waals surface area contributed by atoms with Crippen LogP contribution in [0.2, 0.25) is 15.1 Å². The predicted molar refractivity (Wildman–Crippen MR) is 111 cm³/mol. The molecular formula is C18H12Cl3N3O2S. The van der Waals surface area contributed by atoms with E-state index in [9.17, 15) is 9.59 Å². The van der Waals surface area contributed by atoms with Gasteiger partial charge in [0.2, 0.25) is 0 Å². The van der Waals surface area contributed by atoms with Gasteiger partial charge in [-0.2, -0.15) is 5.10 Å². The zero-order chi connectivity index (χ0) is 19.4. The number of carbonyl (C=O) groups is 2. The van der Waals surface area contributed by atoms with Crippen molar-refractivity contribution in [2.24, 2.45) is 5.10 Å². The Kier molecular flexibility index (Phi) is 6.34. The van der Waals surface area contributed by atoms with Crippen LogP contribution in [0.4, 0.5) is 0 Å². The van der Waals surface area contributed by atoms with Crippen LogP contribution < -0.4 is 10.7 Å². The Morgan fingerprint density at radius 2 is 1.89 bits per heavy atom. The van der Waals surface area contributed by atoms with Crippen molar-refractivity contribution in [3.8, 4) is 0 Å². The molecule has 0 aliphatic rings. The van der Waals surface area contributed by atoms with Crippen molar-refractivity contribution in [1.29, 1.82) is 0 Å². The van der Waals surface area contributed by atoms with Gasteiger partial charge >= 0.3 is 0 Å². The number of hydrogen-bond donors (Lipinski definition) is 2. The van der Waals surface area contributed by atoms with Gasteiger partial charge in [-0.25, -0.2) is 5.43 Å². The van der Waals surface area contributed by atoms with Crippen LogP contribution in [0.15, 0.2) is 47.6 Å². The first kappa shape index (κ1) is 19.6. The van der Waals surface area contributed by atoms with Crippen molar-refractivity contribution in [3.05, 3.63) is 68.0 Å². The van der Waals surface area contributed by atoms with Gasteiger partial charge in [0, 0.05) is 20.7 Å². The Labute approximate surface area is 173 Å². The van der Waals surface area contributed by atoms with E-state index in [2.05, 4.69) is 15.8 Å². The Hall–Kier alpha value is -2.12. The normalized spacial score (nSPS) is 11.1. The van der Waals surface area contributed by atoms with Gasteiger partial charge in [0.15, 0.2) is 0 Å². The highest BCUT2D eigenvalue weighted by molar-refractivity contribution is 7.21. The molecule has 2 amide bonds. The lowest BCUT2D eigenvalue weighted by molar-refractivity contribution is -0.120. The second-order valence-electron chi connectivity index (χ2n) is 5.38. The quantitative estimate of drug-likeness (QED) is 0.444. The second-order valence-corrected chi connectivity index (χ2v) is 7.66. The third-order valence-corrected chi connectivity index (χ3v) is 5.74. The van der Waals surface area contributed by atoms with E-state index in [1.165, 1.54) is 17.6 Å². The molecule has 3 rings (SSSR count). The van der Waals surface area contributed by atoms with E-state index in [1.54, 1.807) is 18.2 Å². The van der Waals surface area contributed by atoms with Crippen molar-refractivity contribution in [2.45, 2.75) is 0 Å². The van der Waals surface area contributed by atoms with Crippen LogP contribution in [0.5, 0.6) is 0 Å². The van der Waals surface area contributed by atoms with E-state index in [-0.39, 0.29) is 6.54 Å². The zero-order valence-electron chi connectivity index (χ0n) is 13.6. The molecule has 0 radical (unpaired) electrons. The summed E-state index contributed by atoms with van der Waals surface area (Å²) in [5.74, 6) is -0.900. The topological polar surface area (TPSA) is 70.6 Å². The highest BCUT2D eigenvalue weighted by atomic mass is 35.5. The Balaban J connectivity index is 1.56. The van der Waals surface area contributed by atoms with E-state index in [0.717, 1.165) is 10.1 Å². The molecule has 0 unspecified atom stereocenters. The lowest BCUT2D eigenvalue weighted by Crippen LogP contribution is -2.34. The molecule has 0 fully saturated rings. The number of nitrogens with one attached hydrogen (secondary N) is 2. The first-order chi connectivity index (χ1) is 13.0. The molecule has 0 bridgehead atoms. The molecule has 138 valence electrons. The van der Waals surface area contributed by atoms with Crippen molar-refractivity contribution >= 4 is 74.3 Å². The molecule has 0 aliphatic heterocycles. The highest BCUT2D eigenvalue weighted by Crippen LogP contribution is 2.34. The maximum absolute atomic E-state index is 12.3. The molecule has 0 saturated heterocycles. The summed E-state index contributed by atoms with van der Waals surface area (Å²) in [4.78, 5) is 24.5. The van der Waals surface area contributed by atoms with Crippen molar-refractivity contribution < 1.29 is 9.59 Å².